The summed E-state index contributed by atoms with van der Waals surface area (Å²) in [6, 6.07) is 7.87. The van der Waals surface area contributed by atoms with Crippen molar-refractivity contribution in [3.8, 4) is 5.75 Å². The van der Waals surface area contributed by atoms with Gasteiger partial charge in [0.25, 0.3) is 5.91 Å². The Balaban J connectivity index is 1.42. The average Bonchev–Trinajstić information content (AvgIpc) is 3.21. The molecule has 2 atom stereocenters. The minimum atomic E-state index is -0.384. The molecule has 0 radical (unpaired) electrons. The summed E-state index contributed by atoms with van der Waals surface area (Å²) in [4.78, 5) is 14.6. The van der Waals surface area contributed by atoms with Crippen LogP contribution in [0.25, 0.3) is 0 Å². The summed E-state index contributed by atoms with van der Waals surface area (Å²) < 4.78 is 26.9. The van der Waals surface area contributed by atoms with Crippen molar-refractivity contribution >= 4 is 5.91 Å². The van der Waals surface area contributed by atoms with Gasteiger partial charge in [-0.15, -0.1) is 0 Å². The van der Waals surface area contributed by atoms with Gasteiger partial charge in [-0.3, -0.25) is 9.48 Å². The lowest BCUT2D eigenvalue weighted by molar-refractivity contribution is -0.0455. The molecule has 6 nitrogen and oxygen atoms in total. The van der Waals surface area contributed by atoms with Crippen molar-refractivity contribution in [2.24, 2.45) is 7.05 Å². The van der Waals surface area contributed by atoms with Crippen LogP contribution in [0, 0.1) is 5.82 Å². The SMILES string of the molecule is Cn1nccc1C(=O)N1CCC[C@@]2(C[C@@H](Oc3cccc(F)c3)CO2)C1. The van der Waals surface area contributed by atoms with Crippen molar-refractivity contribution < 1.29 is 18.7 Å². The van der Waals surface area contributed by atoms with Crippen LogP contribution in [-0.4, -0.2) is 52.0 Å². The highest BCUT2D eigenvalue weighted by Crippen LogP contribution is 2.36. The van der Waals surface area contributed by atoms with E-state index in [1.54, 1.807) is 36.1 Å². The molecule has 1 amide bonds. The van der Waals surface area contributed by atoms with Crippen LogP contribution in [-0.2, 0) is 11.8 Å². The molecule has 2 saturated heterocycles. The zero-order chi connectivity index (χ0) is 18.1. The van der Waals surface area contributed by atoms with Gasteiger partial charge < -0.3 is 14.4 Å². The van der Waals surface area contributed by atoms with Gasteiger partial charge in [0.05, 0.1) is 18.8 Å². The number of hydrogen-bond acceptors (Lipinski definition) is 4. The number of carbonyl (C=O) groups excluding carboxylic acids is 1. The van der Waals surface area contributed by atoms with Crippen molar-refractivity contribution in [3.05, 3.63) is 48.0 Å². The van der Waals surface area contributed by atoms with E-state index >= 15 is 0 Å². The lowest BCUT2D eigenvalue weighted by Crippen LogP contribution is -2.50. The maximum Gasteiger partial charge on any atom is 0.272 e. The predicted octanol–water partition coefficient (Wildman–Crippen LogP) is 2.40. The molecule has 2 aromatic rings. The van der Waals surface area contributed by atoms with E-state index in [1.165, 1.54) is 12.1 Å². The Morgan fingerprint density at radius 3 is 3.08 bits per heavy atom. The molecule has 2 fully saturated rings. The highest BCUT2D eigenvalue weighted by molar-refractivity contribution is 5.92. The first-order valence-electron chi connectivity index (χ1n) is 8.88. The molecule has 3 heterocycles. The molecule has 138 valence electrons. The summed E-state index contributed by atoms with van der Waals surface area (Å²) >= 11 is 0. The van der Waals surface area contributed by atoms with Crippen LogP contribution in [0.1, 0.15) is 29.8 Å². The van der Waals surface area contributed by atoms with E-state index in [0.29, 0.717) is 37.6 Å². The average molecular weight is 359 g/mol. The van der Waals surface area contributed by atoms with Crippen LogP contribution in [0.2, 0.25) is 0 Å². The van der Waals surface area contributed by atoms with E-state index < -0.39 is 0 Å². The fourth-order valence-corrected chi connectivity index (χ4v) is 3.91. The Hall–Kier alpha value is -2.41. The summed E-state index contributed by atoms with van der Waals surface area (Å²) in [5, 5.41) is 4.07. The highest BCUT2D eigenvalue weighted by atomic mass is 19.1. The van der Waals surface area contributed by atoms with Crippen LogP contribution in [0.4, 0.5) is 4.39 Å². The molecule has 26 heavy (non-hydrogen) atoms. The topological polar surface area (TPSA) is 56.6 Å². The standard InChI is InChI=1S/C19H22FN3O3/c1-22-17(6-8-21-22)18(24)23-9-3-7-19(13-23)11-16(12-25-19)26-15-5-2-4-14(20)10-15/h2,4-6,8,10,16H,3,7,9,11-13H2,1H3/t16-,19-/m1/s1. The van der Waals surface area contributed by atoms with E-state index in [2.05, 4.69) is 5.10 Å². The third-order valence-corrected chi connectivity index (χ3v) is 5.14. The first-order valence-corrected chi connectivity index (χ1v) is 8.88. The van der Waals surface area contributed by atoms with Crippen molar-refractivity contribution in [2.75, 3.05) is 19.7 Å². The van der Waals surface area contributed by atoms with Crippen molar-refractivity contribution in [1.29, 1.82) is 0 Å². The Kier molecular flexibility index (Phi) is 4.40. The summed E-state index contributed by atoms with van der Waals surface area (Å²) in [6.45, 7) is 1.70. The summed E-state index contributed by atoms with van der Waals surface area (Å²) in [5.41, 5.74) is 0.192. The molecular formula is C19H22FN3O3. The number of amides is 1. The molecule has 0 unspecified atom stereocenters. The lowest BCUT2D eigenvalue weighted by Gasteiger charge is -2.39. The Bertz CT molecular complexity index is 809. The van der Waals surface area contributed by atoms with Gasteiger partial charge in [0, 0.05) is 32.3 Å². The van der Waals surface area contributed by atoms with E-state index in [-0.39, 0.29) is 23.4 Å². The smallest absolute Gasteiger partial charge is 0.272 e. The molecule has 0 N–H and O–H groups in total. The number of halogens is 1. The van der Waals surface area contributed by atoms with Gasteiger partial charge in [-0.05, 0) is 31.0 Å². The van der Waals surface area contributed by atoms with Crippen molar-refractivity contribution in [2.45, 2.75) is 31.0 Å². The van der Waals surface area contributed by atoms with Gasteiger partial charge in [0.1, 0.15) is 23.4 Å². The van der Waals surface area contributed by atoms with Crippen LogP contribution >= 0.6 is 0 Å². The number of aromatic nitrogens is 2. The number of ether oxygens (including phenoxy) is 2. The van der Waals surface area contributed by atoms with Gasteiger partial charge in [0.2, 0.25) is 0 Å². The summed E-state index contributed by atoms with van der Waals surface area (Å²) in [5.74, 6) is 0.165. The van der Waals surface area contributed by atoms with Gasteiger partial charge in [0.15, 0.2) is 0 Å². The molecule has 0 aliphatic carbocycles. The summed E-state index contributed by atoms with van der Waals surface area (Å²) in [7, 11) is 1.77. The normalized spacial score (nSPS) is 25.6. The minimum Gasteiger partial charge on any atom is -0.488 e. The quantitative estimate of drug-likeness (QED) is 0.844. The monoisotopic (exact) mass is 359 g/mol. The molecule has 2 aliphatic rings. The molecule has 4 rings (SSSR count). The Morgan fingerprint density at radius 2 is 2.31 bits per heavy atom. The zero-order valence-corrected chi connectivity index (χ0v) is 14.7. The van der Waals surface area contributed by atoms with Crippen LogP contribution < -0.4 is 4.74 Å². The summed E-state index contributed by atoms with van der Waals surface area (Å²) in [6.07, 6.45) is 3.96. The molecule has 7 heteroatoms. The number of aryl methyl sites for hydroxylation is 1. The van der Waals surface area contributed by atoms with Crippen LogP contribution in [0.15, 0.2) is 36.5 Å². The minimum absolute atomic E-state index is 0.0258. The second-order valence-corrected chi connectivity index (χ2v) is 7.07. The fourth-order valence-electron chi connectivity index (χ4n) is 3.91. The zero-order valence-electron chi connectivity index (χ0n) is 14.7. The van der Waals surface area contributed by atoms with E-state index in [1.807, 2.05) is 4.90 Å². The number of nitrogens with zero attached hydrogens (tertiary/aromatic N) is 3. The van der Waals surface area contributed by atoms with Gasteiger partial charge in [-0.2, -0.15) is 5.10 Å². The van der Waals surface area contributed by atoms with Crippen molar-refractivity contribution in [1.82, 2.24) is 14.7 Å². The highest BCUT2D eigenvalue weighted by Gasteiger charge is 2.45. The van der Waals surface area contributed by atoms with Gasteiger partial charge in [-0.25, -0.2) is 4.39 Å². The predicted molar refractivity (Wildman–Crippen MR) is 92.5 cm³/mol. The molecule has 2 aliphatic heterocycles. The number of hydrogen-bond donors (Lipinski definition) is 0. The largest absolute Gasteiger partial charge is 0.488 e. The van der Waals surface area contributed by atoms with Crippen molar-refractivity contribution in [3.63, 3.8) is 0 Å². The second kappa shape index (κ2) is 6.72. The molecular weight excluding hydrogens is 337 g/mol. The number of benzene rings is 1. The molecule has 1 aromatic heterocycles. The Morgan fingerprint density at radius 1 is 1.42 bits per heavy atom. The van der Waals surface area contributed by atoms with Gasteiger partial charge in [-0.1, -0.05) is 6.07 Å². The second-order valence-electron chi connectivity index (χ2n) is 7.07. The number of likely N-dealkylation sites (tertiary alicyclic amines) is 1. The van der Waals surface area contributed by atoms with Crippen LogP contribution in [0.5, 0.6) is 5.75 Å². The first kappa shape index (κ1) is 17.0. The molecule has 0 bridgehead atoms. The van der Waals surface area contributed by atoms with Crippen LogP contribution in [0.3, 0.4) is 0 Å². The first-order chi connectivity index (χ1) is 12.5. The number of piperidine rings is 1. The molecule has 1 spiro atoms. The number of rotatable bonds is 3. The maximum absolute atomic E-state index is 13.3. The fraction of sp³-hybridized carbons (Fsp3) is 0.474. The maximum atomic E-state index is 13.3. The third-order valence-electron chi connectivity index (χ3n) is 5.14. The van der Waals surface area contributed by atoms with Gasteiger partial charge >= 0.3 is 0 Å². The van der Waals surface area contributed by atoms with E-state index in [0.717, 1.165) is 12.8 Å². The number of carbonyl (C=O) groups is 1. The van der Waals surface area contributed by atoms with E-state index in [9.17, 15) is 9.18 Å². The Labute approximate surface area is 151 Å². The van der Waals surface area contributed by atoms with E-state index in [4.69, 9.17) is 9.47 Å². The third kappa shape index (κ3) is 3.31. The molecule has 0 saturated carbocycles. The lowest BCUT2D eigenvalue weighted by atomic mass is 9.89. The molecule has 1 aromatic carbocycles.